The Morgan fingerprint density at radius 2 is 1.88 bits per heavy atom. The van der Waals surface area contributed by atoms with Crippen molar-refractivity contribution in [1.29, 1.82) is 0 Å². The second-order valence-electron chi connectivity index (χ2n) is 2.80. The molecule has 0 amide bonds. The number of hydrogen-bond acceptors (Lipinski definition) is 4. The predicted molar refractivity (Wildman–Crippen MR) is 56.0 cm³/mol. The fourth-order valence-corrected chi connectivity index (χ4v) is 0.847. The molecule has 0 aliphatic carbocycles. The maximum Gasteiger partial charge on any atom is 0.387 e. The molecule has 0 heterocycles. The van der Waals surface area contributed by atoms with Gasteiger partial charge in [0.15, 0.2) is 0 Å². The van der Waals surface area contributed by atoms with Gasteiger partial charge in [0.1, 0.15) is 0 Å². The Balaban J connectivity index is 2.40. The third-order valence-electron chi connectivity index (χ3n) is 1.53. The maximum absolute atomic E-state index is 11.0. The molecule has 0 N–H and O–H groups in total. The molecule has 0 saturated carbocycles. The molecule has 0 saturated heterocycles. The van der Waals surface area contributed by atoms with Crippen molar-refractivity contribution in [1.82, 2.24) is 0 Å². The molecule has 82 valence electrons. The minimum atomic E-state index is -0.731. The van der Waals surface area contributed by atoms with Gasteiger partial charge in [0.25, 0.3) is 0 Å². The molecule has 0 atom stereocenters. The summed E-state index contributed by atoms with van der Waals surface area (Å²) in [6.07, 6.45) is 0. The lowest BCUT2D eigenvalue weighted by Gasteiger charge is -1.99. The molecule has 1 aromatic carbocycles. The fourth-order valence-electron chi connectivity index (χ4n) is 0.847. The molecular weight excluding hydrogens is 208 g/mol. The lowest BCUT2D eigenvalue weighted by Crippen LogP contribution is -2.08. The number of rotatable bonds is 2. The third kappa shape index (κ3) is 4.82. The van der Waals surface area contributed by atoms with Gasteiger partial charge in [-0.25, -0.2) is 4.79 Å². The van der Waals surface area contributed by atoms with Gasteiger partial charge in [0.05, 0.1) is 0 Å². The topological polar surface area (TPSA) is 52.6 Å². The summed E-state index contributed by atoms with van der Waals surface area (Å²) in [6.45, 7) is 0.821. The van der Waals surface area contributed by atoms with Gasteiger partial charge in [-0.2, -0.15) is 0 Å². The van der Waals surface area contributed by atoms with Gasteiger partial charge in [-0.3, -0.25) is 4.79 Å². The molecule has 0 aromatic heterocycles. The summed E-state index contributed by atoms with van der Waals surface area (Å²) in [4.78, 5) is 21.4. The van der Waals surface area contributed by atoms with E-state index in [1.165, 1.54) is 6.92 Å². The van der Waals surface area contributed by atoms with Crippen LogP contribution in [-0.2, 0) is 19.1 Å². The predicted octanol–water partition coefficient (Wildman–Crippen LogP) is 1.10. The van der Waals surface area contributed by atoms with Crippen LogP contribution in [0.15, 0.2) is 30.3 Å². The van der Waals surface area contributed by atoms with E-state index in [0.29, 0.717) is 5.56 Å². The second kappa shape index (κ2) is 6.25. The van der Waals surface area contributed by atoms with Crippen LogP contribution in [0.25, 0.3) is 0 Å². The van der Waals surface area contributed by atoms with Crippen molar-refractivity contribution in [2.24, 2.45) is 0 Å². The Bertz CT molecular complexity index is 425. The zero-order valence-corrected chi connectivity index (χ0v) is 8.73. The zero-order valence-electron chi connectivity index (χ0n) is 8.73. The quantitative estimate of drug-likeness (QED) is 0.424. The first-order valence-corrected chi connectivity index (χ1v) is 4.55. The molecule has 4 nitrogen and oxygen atoms in total. The number of carbonyl (C=O) groups is 2. The summed E-state index contributed by atoms with van der Waals surface area (Å²) in [7, 11) is 0. The highest BCUT2D eigenvalue weighted by Gasteiger charge is 1.97. The summed E-state index contributed by atoms with van der Waals surface area (Å²) >= 11 is 0. The van der Waals surface area contributed by atoms with Crippen LogP contribution in [0.5, 0.6) is 0 Å². The fraction of sp³-hybridized carbons (Fsp3) is 0.167. The molecule has 16 heavy (non-hydrogen) atoms. The maximum atomic E-state index is 11.0. The van der Waals surface area contributed by atoms with E-state index < -0.39 is 18.7 Å². The summed E-state index contributed by atoms with van der Waals surface area (Å²) in [5, 5.41) is 0. The molecule has 1 rings (SSSR count). The van der Waals surface area contributed by atoms with Gasteiger partial charge in [0.2, 0.25) is 6.79 Å². The second-order valence-corrected chi connectivity index (χ2v) is 2.80. The SMILES string of the molecule is CC(=O)OCOC(=O)C#Cc1ccccc1. The zero-order chi connectivity index (χ0) is 11.8. The van der Waals surface area contributed by atoms with E-state index in [-0.39, 0.29) is 0 Å². The Kier molecular flexibility index (Phi) is 4.61. The van der Waals surface area contributed by atoms with E-state index >= 15 is 0 Å². The number of carbonyl (C=O) groups excluding carboxylic acids is 2. The van der Waals surface area contributed by atoms with Crippen LogP contribution >= 0.6 is 0 Å². The van der Waals surface area contributed by atoms with E-state index in [1.54, 1.807) is 12.1 Å². The van der Waals surface area contributed by atoms with Gasteiger partial charge in [-0.15, -0.1) is 0 Å². The van der Waals surface area contributed by atoms with Crippen molar-refractivity contribution < 1.29 is 19.1 Å². The van der Waals surface area contributed by atoms with E-state index in [9.17, 15) is 9.59 Å². The van der Waals surface area contributed by atoms with E-state index in [4.69, 9.17) is 0 Å². The average molecular weight is 218 g/mol. The Labute approximate surface area is 93.2 Å². The number of benzene rings is 1. The van der Waals surface area contributed by atoms with Crippen LogP contribution in [0.2, 0.25) is 0 Å². The van der Waals surface area contributed by atoms with Crippen molar-refractivity contribution in [3.8, 4) is 11.8 Å². The van der Waals surface area contributed by atoms with Gasteiger partial charge in [-0.05, 0) is 12.1 Å². The highest BCUT2D eigenvalue weighted by Crippen LogP contribution is 1.94. The number of esters is 2. The summed E-state index contributed by atoms with van der Waals surface area (Å²) < 4.78 is 8.93. The summed E-state index contributed by atoms with van der Waals surface area (Å²) in [5.74, 6) is 3.65. The highest BCUT2D eigenvalue weighted by atomic mass is 16.7. The lowest BCUT2D eigenvalue weighted by molar-refractivity contribution is -0.161. The summed E-state index contributed by atoms with van der Waals surface area (Å²) in [6, 6.07) is 9.02. The number of ether oxygens (including phenoxy) is 2. The third-order valence-corrected chi connectivity index (χ3v) is 1.53. The van der Waals surface area contributed by atoms with Crippen LogP contribution in [0.3, 0.4) is 0 Å². The van der Waals surface area contributed by atoms with E-state index in [2.05, 4.69) is 21.3 Å². The van der Waals surface area contributed by atoms with Crippen molar-refractivity contribution in [3.05, 3.63) is 35.9 Å². The molecule has 0 radical (unpaired) electrons. The van der Waals surface area contributed by atoms with Crippen LogP contribution in [-0.4, -0.2) is 18.7 Å². The molecule has 0 unspecified atom stereocenters. The number of hydrogen-bond donors (Lipinski definition) is 0. The molecule has 4 heteroatoms. The first kappa shape index (κ1) is 11.8. The Morgan fingerprint density at radius 3 is 2.50 bits per heavy atom. The lowest BCUT2D eigenvalue weighted by atomic mass is 10.2. The van der Waals surface area contributed by atoms with Crippen molar-refractivity contribution in [2.45, 2.75) is 6.92 Å². The van der Waals surface area contributed by atoms with Crippen molar-refractivity contribution in [3.63, 3.8) is 0 Å². The smallest absolute Gasteiger partial charge is 0.387 e. The molecule has 0 aliphatic heterocycles. The largest absolute Gasteiger partial charge is 0.428 e. The highest BCUT2D eigenvalue weighted by molar-refractivity contribution is 5.89. The average Bonchev–Trinajstić information content (AvgIpc) is 2.27. The molecule has 0 bridgehead atoms. The van der Waals surface area contributed by atoms with Gasteiger partial charge in [0, 0.05) is 18.4 Å². The first-order valence-electron chi connectivity index (χ1n) is 4.55. The Morgan fingerprint density at radius 1 is 1.19 bits per heavy atom. The van der Waals surface area contributed by atoms with Gasteiger partial charge < -0.3 is 9.47 Å². The first-order chi connectivity index (χ1) is 7.68. The van der Waals surface area contributed by atoms with Crippen LogP contribution in [0.1, 0.15) is 12.5 Å². The molecule has 0 spiro atoms. The van der Waals surface area contributed by atoms with Crippen LogP contribution in [0, 0.1) is 11.8 Å². The summed E-state index contributed by atoms with van der Waals surface area (Å²) in [5.41, 5.74) is 0.715. The monoisotopic (exact) mass is 218 g/mol. The van der Waals surface area contributed by atoms with E-state index in [0.717, 1.165) is 0 Å². The van der Waals surface area contributed by atoms with Gasteiger partial charge in [-0.1, -0.05) is 24.1 Å². The normalized spacial score (nSPS) is 8.56. The van der Waals surface area contributed by atoms with Crippen LogP contribution in [0.4, 0.5) is 0 Å². The molecular formula is C12H10O4. The minimum absolute atomic E-state index is 0.405. The Hall–Kier alpha value is -2.28. The molecule has 1 aromatic rings. The van der Waals surface area contributed by atoms with Crippen molar-refractivity contribution in [2.75, 3.05) is 6.79 Å². The minimum Gasteiger partial charge on any atom is -0.428 e. The standard InChI is InChI=1S/C12H10O4/c1-10(13)15-9-16-12(14)8-7-11-5-3-2-4-6-11/h2-6H,9H2,1H3. The van der Waals surface area contributed by atoms with Crippen LogP contribution < -0.4 is 0 Å². The van der Waals surface area contributed by atoms with Gasteiger partial charge >= 0.3 is 11.9 Å². The van der Waals surface area contributed by atoms with Crippen molar-refractivity contribution >= 4 is 11.9 Å². The molecule has 0 fully saturated rings. The molecule has 0 aliphatic rings. The van der Waals surface area contributed by atoms with E-state index in [1.807, 2.05) is 18.2 Å².